The molecule has 0 spiro atoms. The fourth-order valence-electron chi connectivity index (χ4n) is 2.52. The molecule has 0 bridgehead atoms. The lowest BCUT2D eigenvalue weighted by atomic mass is 9.84. The molecule has 1 heteroatoms. The quantitative estimate of drug-likeness (QED) is 0.747. The zero-order chi connectivity index (χ0) is 14.5. The monoisotopic (exact) mass is 273 g/mol. The molecule has 0 aromatic heterocycles. The highest BCUT2D eigenvalue weighted by atomic mass is 16.3. The summed E-state index contributed by atoms with van der Waals surface area (Å²) in [7, 11) is 0. The summed E-state index contributed by atoms with van der Waals surface area (Å²) in [4.78, 5) is 0. The zero-order valence-electron chi connectivity index (χ0n) is 11.7. The SMILES string of the molecule is OC([C](c1ccccc1)c1ccccc1)c1ccccc1. The Bertz CT molecular complexity index is 622. The van der Waals surface area contributed by atoms with Gasteiger partial charge in [0.25, 0.3) is 0 Å². The molecule has 0 heterocycles. The molecule has 0 saturated heterocycles. The Morgan fingerprint density at radius 2 is 0.952 bits per heavy atom. The molecule has 1 nitrogen and oxygen atoms in total. The first-order chi connectivity index (χ1) is 10.4. The van der Waals surface area contributed by atoms with Crippen molar-refractivity contribution in [2.24, 2.45) is 0 Å². The maximum atomic E-state index is 10.9. The van der Waals surface area contributed by atoms with E-state index in [2.05, 4.69) is 0 Å². The van der Waals surface area contributed by atoms with Crippen LogP contribution in [0.1, 0.15) is 22.8 Å². The maximum Gasteiger partial charge on any atom is 0.0940 e. The van der Waals surface area contributed by atoms with E-state index in [1.54, 1.807) is 0 Å². The van der Waals surface area contributed by atoms with Crippen molar-refractivity contribution < 1.29 is 5.11 Å². The first-order valence-electron chi connectivity index (χ1n) is 7.07. The molecule has 1 N–H and O–H groups in total. The standard InChI is InChI=1S/C20H17O/c21-20(18-14-8-3-9-15-18)19(16-10-4-1-5-11-16)17-12-6-2-7-13-17/h1-15,20-21H. The predicted octanol–water partition coefficient (Wildman–Crippen LogP) is 4.39. The van der Waals surface area contributed by atoms with Crippen molar-refractivity contribution in [2.75, 3.05) is 0 Å². The second-order valence-electron chi connectivity index (χ2n) is 4.96. The summed E-state index contributed by atoms with van der Waals surface area (Å²) in [6.45, 7) is 0. The Hall–Kier alpha value is -2.38. The van der Waals surface area contributed by atoms with E-state index in [1.807, 2.05) is 91.0 Å². The van der Waals surface area contributed by atoms with Crippen LogP contribution >= 0.6 is 0 Å². The molecule has 3 rings (SSSR count). The largest absolute Gasteiger partial charge is 0.387 e. The lowest BCUT2D eigenvalue weighted by Crippen LogP contribution is -2.13. The second-order valence-corrected chi connectivity index (χ2v) is 4.96. The van der Waals surface area contributed by atoms with Crippen LogP contribution in [0.3, 0.4) is 0 Å². The van der Waals surface area contributed by atoms with E-state index in [-0.39, 0.29) is 0 Å². The van der Waals surface area contributed by atoms with E-state index in [0.29, 0.717) is 0 Å². The van der Waals surface area contributed by atoms with Crippen LogP contribution in [0.2, 0.25) is 0 Å². The summed E-state index contributed by atoms with van der Waals surface area (Å²) in [5, 5.41) is 10.9. The van der Waals surface area contributed by atoms with E-state index < -0.39 is 6.10 Å². The van der Waals surface area contributed by atoms with E-state index in [4.69, 9.17) is 0 Å². The molecule has 0 fully saturated rings. The summed E-state index contributed by atoms with van der Waals surface area (Å²) >= 11 is 0. The lowest BCUT2D eigenvalue weighted by molar-refractivity contribution is 0.201. The van der Waals surface area contributed by atoms with Crippen LogP contribution in [-0.2, 0) is 0 Å². The predicted molar refractivity (Wildman–Crippen MR) is 85.7 cm³/mol. The van der Waals surface area contributed by atoms with Gasteiger partial charge in [-0.05, 0) is 16.7 Å². The lowest BCUT2D eigenvalue weighted by Gasteiger charge is -2.23. The third-order valence-corrected chi connectivity index (χ3v) is 3.56. The molecule has 0 saturated carbocycles. The Balaban J connectivity index is 2.05. The highest BCUT2D eigenvalue weighted by molar-refractivity contribution is 5.49. The molecule has 1 atom stereocenters. The van der Waals surface area contributed by atoms with Gasteiger partial charge in [0.05, 0.1) is 12.0 Å². The molecule has 0 aliphatic rings. The molecular formula is C20H17O. The molecule has 1 unspecified atom stereocenters. The highest BCUT2D eigenvalue weighted by Gasteiger charge is 2.25. The number of rotatable bonds is 4. The van der Waals surface area contributed by atoms with Crippen LogP contribution < -0.4 is 0 Å². The maximum absolute atomic E-state index is 10.9. The van der Waals surface area contributed by atoms with Gasteiger partial charge in [0.15, 0.2) is 0 Å². The Morgan fingerprint density at radius 1 is 0.571 bits per heavy atom. The van der Waals surface area contributed by atoms with Gasteiger partial charge in [0.2, 0.25) is 0 Å². The molecule has 3 aromatic carbocycles. The molecule has 21 heavy (non-hydrogen) atoms. The van der Waals surface area contributed by atoms with Crippen molar-refractivity contribution >= 4 is 0 Å². The number of hydrogen-bond donors (Lipinski definition) is 1. The first-order valence-corrected chi connectivity index (χ1v) is 7.07. The molecule has 0 aliphatic heterocycles. The zero-order valence-corrected chi connectivity index (χ0v) is 11.7. The molecule has 3 aromatic rings. The average molecular weight is 273 g/mol. The van der Waals surface area contributed by atoms with Crippen molar-refractivity contribution in [2.45, 2.75) is 6.10 Å². The van der Waals surface area contributed by atoms with Gasteiger partial charge in [-0.2, -0.15) is 0 Å². The van der Waals surface area contributed by atoms with Gasteiger partial charge in [-0.3, -0.25) is 0 Å². The van der Waals surface area contributed by atoms with Gasteiger partial charge >= 0.3 is 0 Å². The van der Waals surface area contributed by atoms with Crippen molar-refractivity contribution in [3.8, 4) is 0 Å². The normalized spacial score (nSPS) is 12.3. The van der Waals surface area contributed by atoms with Crippen LogP contribution in [0, 0.1) is 5.92 Å². The fraction of sp³-hybridized carbons (Fsp3) is 0.0500. The van der Waals surface area contributed by atoms with Crippen molar-refractivity contribution in [1.29, 1.82) is 0 Å². The molecule has 0 aliphatic carbocycles. The van der Waals surface area contributed by atoms with Crippen molar-refractivity contribution in [3.05, 3.63) is 114 Å². The van der Waals surface area contributed by atoms with Crippen LogP contribution in [0.25, 0.3) is 0 Å². The number of aliphatic hydroxyl groups is 1. The third-order valence-electron chi connectivity index (χ3n) is 3.56. The van der Waals surface area contributed by atoms with Crippen molar-refractivity contribution in [3.63, 3.8) is 0 Å². The summed E-state index contributed by atoms with van der Waals surface area (Å²) in [6, 6.07) is 29.9. The minimum absolute atomic E-state index is 0.643. The van der Waals surface area contributed by atoms with Crippen LogP contribution in [0.15, 0.2) is 91.0 Å². The van der Waals surface area contributed by atoms with Gasteiger partial charge in [-0.15, -0.1) is 0 Å². The fourth-order valence-corrected chi connectivity index (χ4v) is 2.52. The molecular weight excluding hydrogens is 256 g/mol. The highest BCUT2D eigenvalue weighted by Crippen LogP contribution is 2.35. The Kier molecular flexibility index (Phi) is 4.13. The number of hydrogen-bond acceptors (Lipinski definition) is 1. The molecule has 1 radical (unpaired) electrons. The molecule has 0 amide bonds. The molecule has 103 valence electrons. The summed E-state index contributed by atoms with van der Waals surface area (Å²) in [6.07, 6.45) is -0.643. The minimum Gasteiger partial charge on any atom is -0.387 e. The van der Waals surface area contributed by atoms with Gasteiger partial charge in [0, 0.05) is 0 Å². The minimum atomic E-state index is -0.643. The van der Waals surface area contributed by atoms with Crippen LogP contribution in [0.5, 0.6) is 0 Å². The van der Waals surface area contributed by atoms with E-state index in [0.717, 1.165) is 22.6 Å². The van der Waals surface area contributed by atoms with Crippen LogP contribution in [-0.4, -0.2) is 5.11 Å². The van der Waals surface area contributed by atoms with Gasteiger partial charge < -0.3 is 5.11 Å². The van der Waals surface area contributed by atoms with Gasteiger partial charge in [-0.25, -0.2) is 0 Å². The number of benzene rings is 3. The third kappa shape index (κ3) is 3.04. The van der Waals surface area contributed by atoms with E-state index >= 15 is 0 Å². The van der Waals surface area contributed by atoms with Crippen LogP contribution in [0.4, 0.5) is 0 Å². The topological polar surface area (TPSA) is 20.2 Å². The first kappa shape index (κ1) is 13.6. The average Bonchev–Trinajstić information content (AvgIpc) is 2.58. The van der Waals surface area contributed by atoms with E-state index in [1.165, 1.54) is 0 Å². The van der Waals surface area contributed by atoms with Gasteiger partial charge in [-0.1, -0.05) is 91.0 Å². The van der Waals surface area contributed by atoms with Crippen molar-refractivity contribution in [1.82, 2.24) is 0 Å². The smallest absolute Gasteiger partial charge is 0.0940 e. The van der Waals surface area contributed by atoms with E-state index in [9.17, 15) is 5.11 Å². The Morgan fingerprint density at radius 3 is 1.38 bits per heavy atom. The Labute approximate surface area is 125 Å². The van der Waals surface area contributed by atoms with Gasteiger partial charge in [0.1, 0.15) is 0 Å². The summed E-state index contributed by atoms with van der Waals surface area (Å²) in [5.41, 5.74) is 2.99. The summed E-state index contributed by atoms with van der Waals surface area (Å²) < 4.78 is 0. The second kappa shape index (κ2) is 6.38. The summed E-state index contributed by atoms with van der Waals surface area (Å²) in [5.74, 6) is 0.933. The number of aliphatic hydroxyl groups excluding tert-OH is 1.